The summed E-state index contributed by atoms with van der Waals surface area (Å²) in [5.41, 5.74) is 1.14. The number of carboxylic acid groups (broad SMARTS) is 1. The number of hydrogen-bond acceptors (Lipinski definition) is 1. The van der Waals surface area contributed by atoms with Crippen LogP contribution in [0.2, 0.25) is 0 Å². The fourth-order valence-electron chi connectivity index (χ4n) is 1.32. The average molecular weight is 240 g/mol. The van der Waals surface area contributed by atoms with Gasteiger partial charge in [-0.25, -0.2) is 4.79 Å². The molecule has 0 aliphatic rings. The van der Waals surface area contributed by atoms with Crippen molar-refractivity contribution in [3.05, 3.63) is 34.4 Å². The van der Waals surface area contributed by atoms with E-state index in [2.05, 4.69) is 20.9 Å². The van der Waals surface area contributed by atoms with Crippen molar-refractivity contribution < 1.29 is 9.90 Å². The van der Waals surface area contributed by atoms with Crippen molar-refractivity contribution >= 4 is 32.8 Å². The first kappa shape index (κ1) is 8.31. The highest BCUT2D eigenvalue weighted by molar-refractivity contribution is 9.10. The quantitative estimate of drug-likeness (QED) is 0.804. The van der Waals surface area contributed by atoms with E-state index in [0.29, 0.717) is 10.0 Å². The van der Waals surface area contributed by atoms with Crippen LogP contribution in [0.1, 0.15) is 10.4 Å². The van der Waals surface area contributed by atoms with E-state index in [4.69, 9.17) is 5.11 Å². The normalized spacial score (nSPS) is 10.5. The molecule has 1 aromatic carbocycles. The number of nitrogens with one attached hydrogen (secondary N) is 1. The Labute approximate surface area is 82.5 Å². The van der Waals surface area contributed by atoms with E-state index < -0.39 is 5.97 Å². The molecular weight excluding hydrogens is 234 g/mol. The molecule has 0 unspecified atom stereocenters. The number of carbonyl (C=O) groups is 1. The van der Waals surface area contributed by atoms with E-state index in [1.54, 1.807) is 18.3 Å². The van der Waals surface area contributed by atoms with Gasteiger partial charge in [-0.3, -0.25) is 0 Å². The van der Waals surface area contributed by atoms with Gasteiger partial charge in [-0.2, -0.15) is 0 Å². The van der Waals surface area contributed by atoms with Gasteiger partial charge in [-0.05, 0) is 34.1 Å². The number of benzene rings is 1. The number of halogens is 1. The molecule has 13 heavy (non-hydrogen) atoms. The third kappa shape index (κ3) is 1.23. The van der Waals surface area contributed by atoms with Crippen LogP contribution in [0.15, 0.2) is 28.9 Å². The molecule has 0 aliphatic carbocycles. The molecule has 1 heterocycles. The van der Waals surface area contributed by atoms with Gasteiger partial charge in [0.05, 0.1) is 5.56 Å². The third-order valence-electron chi connectivity index (χ3n) is 1.90. The standard InChI is InChI=1S/C9H6BrNO2/c10-6-1-2-7-5(3-4-11-7)8(6)9(12)13/h1-4,11H,(H,12,13). The molecule has 0 amide bonds. The Morgan fingerprint density at radius 2 is 2.15 bits per heavy atom. The average Bonchev–Trinajstić information content (AvgIpc) is 2.50. The Bertz CT molecular complexity index is 475. The second-order valence-electron chi connectivity index (χ2n) is 2.67. The van der Waals surface area contributed by atoms with E-state index in [1.165, 1.54) is 0 Å². The Morgan fingerprint density at radius 3 is 2.85 bits per heavy atom. The lowest BCUT2D eigenvalue weighted by Gasteiger charge is -1.99. The van der Waals surface area contributed by atoms with Crippen LogP contribution in [-0.2, 0) is 0 Å². The molecule has 0 saturated carbocycles. The van der Waals surface area contributed by atoms with Gasteiger partial charge in [0, 0.05) is 21.6 Å². The molecule has 0 atom stereocenters. The van der Waals surface area contributed by atoms with E-state index >= 15 is 0 Å². The lowest BCUT2D eigenvalue weighted by atomic mass is 10.1. The molecule has 2 N–H and O–H groups in total. The molecular formula is C9H6BrNO2. The van der Waals surface area contributed by atoms with Crippen LogP contribution in [0.3, 0.4) is 0 Å². The second kappa shape index (κ2) is 2.88. The zero-order chi connectivity index (χ0) is 9.42. The second-order valence-corrected chi connectivity index (χ2v) is 3.52. The summed E-state index contributed by atoms with van der Waals surface area (Å²) in [4.78, 5) is 13.8. The van der Waals surface area contributed by atoms with Crippen molar-refractivity contribution in [2.45, 2.75) is 0 Å². The Balaban J connectivity index is 2.88. The molecule has 0 saturated heterocycles. The molecule has 2 rings (SSSR count). The van der Waals surface area contributed by atoms with Gasteiger partial charge in [-0.15, -0.1) is 0 Å². The summed E-state index contributed by atoms with van der Waals surface area (Å²) in [5.74, 6) is -0.919. The van der Waals surface area contributed by atoms with Crippen molar-refractivity contribution in [3.8, 4) is 0 Å². The Hall–Kier alpha value is -1.29. The summed E-state index contributed by atoms with van der Waals surface area (Å²) in [6.07, 6.45) is 1.73. The highest BCUT2D eigenvalue weighted by Crippen LogP contribution is 2.25. The van der Waals surface area contributed by atoms with Crippen LogP contribution in [0.5, 0.6) is 0 Å². The summed E-state index contributed by atoms with van der Waals surface area (Å²) in [6, 6.07) is 5.32. The maximum absolute atomic E-state index is 10.9. The maximum Gasteiger partial charge on any atom is 0.337 e. The lowest BCUT2D eigenvalue weighted by molar-refractivity contribution is 0.0698. The highest BCUT2D eigenvalue weighted by atomic mass is 79.9. The van der Waals surface area contributed by atoms with Crippen LogP contribution in [0.25, 0.3) is 10.9 Å². The largest absolute Gasteiger partial charge is 0.478 e. The Kier molecular flexibility index (Phi) is 1.84. The van der Waals surface area contributed by atoms with Crippen LogP contribution < -0.4 is 0 Å². The number of H-pyrrole nitrogens is 1. The van der Waals surface area contributed by atoms with Crippen LogP contribution >= 0.6 is 15.9 Å². The van der Waals surface area contributed by atoms with Gasteiger partial charge < -0.3 is 10.1 Å². The molecule has 0 radical (unpaired) electrons. The minimum Gasteiger partial charge on any atom is -0.478 e. The number of fused-ring (bicyclic) bond motifs is 1. The smallest absolute Gasteiger partial charge is 0.337 e. The van der Waals surface area contributed by atoms with E-state index in [9.17, 15) is 4.79 Å². The monoisotopic (exact) mass is 239 g/mol. The number of rotatable bonds is 1. The van der Waals surface area contributed by atoms with Crippen molar-refractivity contribution in [3.63, 3.8) is 0 Å². The fourth-order valence-corrected chi connectivity index (χ4v) is 1.84. The number of aromatic carboxylic acids is 1. The molecule has 0 bridgehead atoms. The highest BCUT2D eigenvalue weighted by Gasteiger charge is 2.12. The van der Waals surface area contributed by atoms with E-state index in [-0.39, 0.29) is 0 Å². The van der Waals surface area contributed by atoms with Gasteiger partial charge in [0.1, 0.15) is 0 Å². The van der Waals surface area contributed by atoms with Gasteiger partial charge >= 0.3 is 5.97 Å². The number of aromatic amines is 1. The van der Waals surface area contributed by atoms with Gasteiger partial charge in [-0.1, -0.05) is 0 Å². The molecule has 4 heteroatoms. The summed E-state index contributed by atoms with van der Waals surface area (Å²) >= 11 is 3.21. The summed E-state index contributed by atoms with van der Waals surface area (Å²) in [5, 5.41) is 9.66. The topological polar surface area (TPSA) is 53.1 Å². The SMILES string of the molecule is O=C(O)c1c(Br)ccc2[nH]ccc12. The Morgan fingerprint density at radius 1 is 1.38 bits per heavy atom. The van der Waals surface area contributed by atoms with Crippen molar-refractivity contribution in [2.24, 2.45) is 0 Å². The van der Waals surface area contributed by atoms with Crippen LogP contribution in [0, 0.1) is 0 Å². The number of aromatic nitrogens is 1. The molecule has 0 aliphatic heterocycles. The third-order valence-corrected chi connectivity index (χ3v) is 2.56. The molecule has 66 valence electrons. The first-order valence-corrected chi connectivity index (χ1v) is 4.48. The number of hydrogen-bond donors (Lipinski definition) is 2. The molecule has 0 fully saturated rings. The van der Waals surface area contributed by atoms with Crippen molar-refractivity contribution in [1.29, 1.82) is 0 Å². The lowest BCUT2D eigenvalue weighted by Crippen LogP contribution is -1.97. The zero-order valence-corrected chi connectivity index (χ0v) is 8.13. The van der Waals surface area contributed by atoms with Crippen molar-refractivity contribution in [1.82, 2.24) is 4.98 Å². The van der Waals surface area contributed by atoms with E-state index in [0.717, 1.165) is 10.9 Å². The first-order chi connectivity index (χ1) is 6.20. The predicted molar refractivity (Wildman–Crippen MR) is 53.0 cm³/mol. The number of carboxylic acids is 1. The van der Waals surface area contributed by atoms with Gasteiger partial charge in [0.25, 0.3) is 0 Å². The minimum absolute atomic E-state index is 0.304. The zero-order valence-electron chi connectivity index (χ0n) is 6.54. The maximum atomic E-state index is 10.9. The summed E-state index contributed by atoms with van der Waals surface area (Å²) in [6.45, 7) is 0. The summed E-state index contributed by atoms with van der Waals surface area (Å²) < 4.78 is 0.604. The fraction of sp³-hybridized carbons (Fsp3) is 0. The van der Waals surface area contributed by atoms with E-state index in [1.807, 2.05) is 6.07 Å². The summed E-state index contributed by atoms with van der Waals surface area (Å²) in [7, 11) is 0. The minimum atomic E-state index is -0.919. The molecule has 3 nitrogen and oxygen atoms in total. The predicted octanol–water partition coefficient (Wildman–Crippen LogP) is 2.63. The van der Waals surface area contributed by atoms with Crippen molar-refractivity contribution in [2.75, 3.05) is 0 Å². The van der Waals surface area contributed by atoms with Gasteiger partial charge in [0.15, 0.2) is 0 Å². The van der Waals surface area contributed by atoms with Crippen LogP contribution in [-0.4, -0.2) is 16.1 Å². The molecule has 1 aromatic heterocycles. The first-order valence-electron chi connectivity index (χ1n) is 3.69. The van der Waals surface area contributed by atoms with Gasteiger partial charge in [0.2, 0.25) is 0 Å². The van der Waals surface area contributed by atoms with Crippen LogP contribution in [0.4, 0.5) is 0 Å². The molecule has 2 aromatic rings. The molecule has 0 spiro atoms.